The van der Waals surface area contributed by atoms with Crippen LogP contribution in [0.25, 0.3) is 22.3 Å². The molecule has 0 saturated heterocycles. The Labute approximate surface area is 143 Å². The second-order valence-corrected chi connectivity index (χ2v) is 6.04. The van der Waals surface area contributed by atoms with Crippen LogP contribution in [-0.2, 0) is 0 Å². The smallest absolute Gasteiger partial charge is 0.0115 e. The van der Waals surface area contributed by atoms with Gasteiger partial charge in [0.05, 0.1) is 0 Å². The first-order valence-electron chi connectivity index (χ1n) is 7.83. The third-order valence-electron chi connectivity index (χ3n) is 4.48. The molecule has 0 bridgehead atoms. The summed E-state index contributed by atoms with van der Waals surface area (Å²) in [4.78, 5) is 0. The van der Waals surface area contributed by atoms with E-state index in [9.17, 15) is 0 Å². The van der Waals surface area contributed by atoms with Crippen LogP contribution in [-0.4, -0.2) is 6.04 Å². The highest BCUT2D eigenvalue weighted by Gasteiger charge is 2.34. The summed E-state index contributed by atoms with van der Waals surface area (Å²) >= 11 is 0. The van der Waals surface area contributed by atoms with Crippen molar-refractivity contribution in [2.24, 2.45) is 5.73 Å². The van der Waals surface area contributed by atoms with Crippen molar-refractivity contribution in [1.82, 2.24) is 0 Å². The molecule has 0 heterocycles. The van der Waals surface area contributed by atoms with Gasteiger partial charge in [0.15, 0.2) is 0 Å². The summed E-state index contributed by atoms with van der Waals surface area (Å²) in [5, 5.41) is 0. The fraction of sp³-hybridized carbons (Fsp3) is 0.143. The molecule has 1 aliphatic rings. The van der Waals surface area contributed by atoms with Crippen LogP contribution < -0.4 is 5.73 Å². The molecule has 0 unspecified atom stereocenters. The summed E-state index contributed by atoms with van der Waals surface area (Å²) in [5.74, 6) is 0.545. The molecule has 4 rings (SSSR count). The zero-order valence-electron chi connectivity index (χ0n) is 12.9. The number of nitrogens with two attached hydrogens (primary N) is 1. The first kappa shape index (κ1) is 15.8. The SMILES string of the molecule is Cl.N[C@@H]1C[C@H]1c1cccc(-c2ccccc2-c2ccccc2)c1. The number of hydrogen-bond acceptors (Lipinski definition) is 1. The third-order valence-corrected chi connectivity index (χ3v) is 4.48. The summed E-state index contributed by atoms with van der Waals surface area (Å²) in [6, 6.07) is 28.4. The Morgan fingerprint density at radius 3 is 1.91 bits per heavy atom. The molecule has 1 saturated carbocycles. The van der Waals surface area contributed by atoms with Crippen molar-refractivity contribution in [3.63, 3.8) is 0 Å². The Hall–Kier alpha value is -2.09. The van der Waals surface area contributed by atoms with E-state index in [1.165, 1.54) is 27.8 Å². The maximum Gasteiger partial charge on any atom is 0.0115 e. The number of rotatable bonds is 3. The van der Waals surface area contributed by atoms with Crippen molar-refractivity contribution in [2.45, 2.75) is 18.4 Å². The molecule has 3 aromatic rings. The van der Waals surface area contributed by atoms with Gasteiger partial charge in [-0.1, -0.05) is 78.9 Å². The minimum atomic E-state index is 0. The highest BCUT2D eigenvalue weighted by atomic mass is 35.5. The van der Waals surface area contributed by atoms with Gasteiger partial charge in [-0.2, -0.15) is 0 Å². The molecule has 0 radical (unpaired) electrons. The summed E-state index contributed by atoms with van der Waals surface area (Å²) in [5.41, 5.74) is 12.5. The predicted molar refractivity (Wildman–Crippen MR) is 99.9 cm³/mol. The fourth-order valence-electron chi connectivity index (χ4n) is 3.14. The molecule has 0 aromatic heterocycles. The Bertz CT molecular complexity index is 798. The molecule has 1 aliphatic carbocycles. The van der Waals surface area contributed by atoms with Crippen LogP contribution in [0.2, 0.25) is 0 Å². The van der Waals surface area contributed by atoms with Gasteiger partial charge in [-0.25, -0.2) is 0 Å². The lowest BCUT2D eigenvalue weighted by Gasteiger charge is -2.11. The highest BCUT2D eigenvalue weighted by Crippen LogP contribution is 2.41. The Balaban J connectivity index is 0.00000156. The number of hydrogen-bond donors (Lipinski definition) is 1. The van der Waals surface area contributed by atoms with E-state index in [4.69, 9.17) is 5.73 Å². The van der Waals surface area contributed by atoms with Crippen molar-refractivity contribution in [3.05, 3.63) is 84.4 Å². The van der Waals surface area contributed by atoms with E-state index >= 15 is 0 Å². The van der Waals surface area contributed by atoms with Crippen LogP contribution in [0.1, 0.15) is 17.9 Å². The van der Waals surface area contributed by atoms with E-state index in [2.05, 4.69) is 78.9 Å². The average molecular weight is 322 g/mol. The lowest BCUT2D eigenvalue weighted by atomic mass is 9.93. The minimum absolute atomic E-state index is 0. The molecular weight excluding hydrogens is 302 g/mol. The molecule has 2 atom stereocenters. The van der Waals surface area contributed by atoms with Gasteiger partial charge in [0.25, 0.3) is 0 Å². The molecule has 0 aliphatic heterocycles. The first-order valence-corrected chi connectivity index (χ1v) is 7.83. The molecular formula is C21H20ClN. The molecule has 1 fully saturated rings. The van der Waals surface area contributed by atoms with Gasteiger partial charge in [-0.05, 0) is 34.2 Å². The van der Waals surface area contributed by atoms with Crippen LogP contribution >= 0.6 is 12.4 Å². The largest absolute Gasteiger partial charge is 0.327 e. The molecule has 0 amide bonds. The van der Waals surface area contributed by atoms with E-state index in [1.807, 2.05) is 0 Å². The first-order chi connectivity index (χ1) is 10.8. The molecule has 2 heteroatoms. The monoisotopic (exact) mass is 321 g/mol. The highest BCUT2D eigenvalue weighted by molar-refractivity contribution is 5.85. The van der Waals surface area contributed by atoms with Crippen LogP contribution in [0.15, 0.2) is 78.9 Å². The van der Waals surface area contributed by atoms with E-state index in [-0.39, 0.29) is 12.4 Å². The van der Waals surface area contributed by atoms with Crippen molar-refractivity contribution < 1.29 is 0 Å². The maximum atomic E-state index is 6.01. The van der Waals surface area contributed by atoms with Gasteiger partial charge in [-0.15, -0.1) is 12.4 Å². The van der Waals surface area contributed by atoms with Gasteiger partial charge in [0, 0.05) is 12.0 Å². The van der Waals surface area contributed by atoms with Crippen molar-refractivity contribution >= 4 is 12.4 Å². The topological polar surface area (TPSA) is 26.0 Å². The van der Waals surface area contributed by atoms with Crippen LogP contribution in [0.3, 0.4) is 0 Å². The van der Waals surface area contributed by atoms with Crippen LogP contribution in [0, 0.1) is 0 Å². The van der Waals surface area contributed by atoms with E-state index < -0.39 is 0 Å². The van der Waals surface area contributed by atoms with Gasteiger partial charge in [0.1, 0.15) is 0 Å². The molecule has 23 heavy (non-hydrogen) atoms. The van der Waals surface area contributed by atoms with Crippen LogP contribution in [0.4, 0.5) is 0 Å². The predicted octanol–water partition coefficient (Wildman–Crippen LogP) is 5.26. The summed E-state index contributed by atoms with van der Waals surface area (Å²) in [6.07, 6.45) is 1.11. The standard InChI is InChI=1S/C21H19N.ClH/c22-21-14-20(21)17-10-6-9-16(13-17)19-12-5-4-11-18(19)15-7-2-1-3-8-15;/h1-13,20-21H,14,22H2;1H/t20-,21+;/m0./s1. The van der Waals surface area contributed by atoms with E-state index in [0.717, 1.165) is 6.42 Å². The fourth-order valence-corrected chi connectivity index (χ4v) is 3.14. The van der Waals surface area contributed by atoms with Gasteiger partial charge in [-0.3, -0.25) is 0 Å². The molecule has 2 N–H and O–H groups in total. The van der Waals surface area contributed by atoms with Gasteiger partial charge < -0.3 is 5.73 Å². The second-order valence-electron chi connectivity index (χ2n) is 6.04. The van der Waals surface area contributed by atoms with E-state index in [1.54, 1.807) is 0 Å². The van der Waals surface area contributed by atoms with Crippen molar-refractivity contribution in [2.75, 3.05) is 0 Å². The van der Waals surface area contributed by atoms with Crippen molar-refractivity contribution in [3.8, 4) is 22.3 Å². The average Bonchev–Trinajstić information content (AvgIpc) is 3.33. The second kappa shape index (κ2) is 6.57. The minimum Gasteiger partial charge on any atom is -0.327 e. The van der Waals surface area contributed by atoms with Crippen LogP contribution in [0.5, 0.6) is 0 Å². The maximum absolute atomic E-state index is 6.01. The molecule has 0 spiro atoms. The normalized spacial score (nSPS) is 19.0. The lowest BCUT2D eigenvalue weighted by Crippen LogP contribution is -2.00. The zero-order chi connectivity index (χ0) is 14.9. The van der Waals surface area contributed by atoms with Gasteiger partial charge in [0.2, 0.25) is 0 Å². The lowest BCUT2D eigenvalue weighted by molar-refractivity contribution is 0.991. The van der Waals surface area contributed by atoms with E-state index in [0.29, 0.717) is 12.0 Å². The van der Waals surface area contributed by atoms with Gasteiger partial charge >= 0.3 is 0 Å². The van der Waals surface area contributed by atoms with Crippen molar-refractivity contribution in [1.29, 1.82) is 0 Å². The Morgan fingerprint density at radius 2 is 1.26 bits per heavy atom. The summed E-state index contributed by atoms with van der Waals surface area (Å²) in [7, 11) is 0. The Kier molecular flexibility index (Phi) is 4.51. The molecule has 1 nitrogen and oxygen atoms in total. The molecule has 116 valence electrons. The molecule has 3 aromatic carbocycles. The quantitative estimate of drug-likeness (QED) is 0.700. The summed E-state index contributed by atoms with van der Waals surface area (Å²) in [6.45, 7) is 0. The summed E-state index contributed by atoms with van der Waals surface area (Å²) < 4.78 is 0. The Morgan fingerprint density at radius 1 is 0.696 bits per heavy atom. The number of benzene rings is 3. The number of halogens is 1. The third kappa shape index (κ3) is 3.17. The zero-order valence-corrected chi connectivity index (χ0v) is 13.7.